The number of rotatable bonds is 4. The highest BCUT2D eigenvalue weighted by Crippen LogP contribution is 2.37. The van der Waals surface area contributed by atoms with Gasteiger partial charge in [-0.3, -0.25) is 9.59 Å². The van der Waals surface area contributed by atoms with Gasteiger partial charge in [-0.15, -0.1) is 11.8 Å². The molecular weight excluding hydrogens is 312 g/mol. The average Bonchev–Trinajstić information content (AvgIpc) is 2.83. The molecule has 1 aliphatic rings. The summed E-state index contributed by atoms with van der Waals surface area (Å²) < 4.78 is 5.25. The highest BCUT2D eigenvalue weighted by atomic mass is 32.2. The van der Waals surface area contributed by atoms with E-state index < -0.39 is 5.25 Å². The number of nitrogens with two attached hydrogens (primary N) is 1. The van der Waals surface area contributed by atoms with Gasteiger partial charge in [0.15, 0.2) is 0 Å². The van der Waals surface area contributed by atoms with Crippen LogP contribution in [0.5, 0.6) is 5.75 Å². The number of ether oxygens (including phenoxy) is 1. The van der Waals surface area contributed by atoms with Gasteiger partial charge in [-0.2, -0.15) is 0 Å². The smallest absolute Gasteiger partial charge is 0.247 e. The first-order chi connectivity index (χ1) is 11.1. The van der Waals surface area contributed by atoms with E-state index in [2.05, 4.69) is 0 Å². The van der Waals surface area contributed by atoms with Crippen molar-refractivity contribution in [1.82, 2.24) is 0 Å². The van der Waals surface area contributed by atoms with Crippen LogP contribution in [0.2, 0.25) is 0 Å². The number of thioether (sulfide) groups is 1. The monoisotopic (exact) mass is 328 g/mol. The third-order valence-corrected chi connectivity index (χ3v) is 4.79. The van der Waals surface area contributed by atoms with Crippen LogP contribution in [-0.2, 0) is 9.59 Å². The molecule has 1 atom stereocenters. The van der Waals surface area contributed by atoms with Gasteiger partial charge in [0.2, 0.25) is 11.8 Å². The molecule has 1 saturated heterocycles. The molecule has 0 aromatic heterocycles. The summed E-state index contributed by atoms with van der Waals surface area (Å²) in [6.07, 6.45) is 0.173. The minimum absolute atomic E-state index is 0.173. The Hall–Kier alpha value is -2.47. The lowest BCUT2D eigenvalue weighted by Gasteiger charge is -2.17. The molecule has 0 bridgehead atoms. The Labute approximate surface area is 138 Å². The van der Waals surface area contributed by atoms with Gasteiger partial charge in [-0.05, 0) is 36.4 Å². The summed E-state index contributed by atoms with van der Waals surface area (Å²) in [7, 11) is 1.52. The molecule has 5 nitrogen and oxygen atoms in total. The average molecular weight is 328 g/mol. The predicted molar refractivity (Wildman–Crippen MR) is 90.6 cm³/mol. The summed E-state index contributed by atoms with van der Waals surface area (Å²) in [5, 5.41) is -0.434. The highest BCUT2D eigenvalue weighted by Gasteiger charge is 2.41. The Morgan fingerprint density at radius 1 is 1.13 bits per heavy atom. The minimum atomic E-state index is -0.434. The van der Waals surface area contributed by atoms with E-state index in [1.54, 1.807) is 36.4 Å². The zero-order valence-electron chi connectivity index (χ0n) is 12.6. The van der Waals surface area contributed by atoms with Crippen LogP contribution >= 0.6 is 11.8 Å². The molecule has 23 heavy (non-hydrogen) atoms. The number of para-hydroxylation sites is 2. The zero-order valence-corrected chi connectivity index (χ0v) is 13.4. The standard InChI is InChI=1S/C17H16N2O3S/c1-22-14-5-3-2-4-13(14)19-16(20)10-15(17(19)21)23-12-8-6-11(18)7-9-12/h2-9,15H,10,18H2,1H3/t15-/m0/s1. The summed E-state index contributed by atoms with van der Waals surface area (Å²) >= 11 is 1.38. The first-order valence-corrected chi connectivity index (χ1v) is 8.00. The van der Waals surface area contributed by atoms with Crippen molar-refractivity contribution in [2.75, 3.05) is 17.7 Å². The number of anilines is 2. The van der Waals surface area contributed by atoms with Crippen LogP contribution in [0.3, 0.4) is 0 Å². The first kappa shape index (κ1) is 15.4. The second-order valence-electron chi connectivity index (χ2n) is 5.12. The molecule has 2 amide bonds. The number of methoxy groups -OCH3 is 1. The van der Waals surface area contributed by atoms with Crippen molar-refractivity contribution in [2.24, 2.45) is 0 Å². The van der Waals surface area contributed by atoms with Crippen LogP contribution in [0.4, 0.5) is 11.4 Å². The van der Waals surface area contributed by atoms with Crippen LogP contribution in [0.15, 0.2) is 53.4 Å². The molecule has 1 heterocycles. The van der Waals surface area contributed by atoms with E-state index >= 15 is 0 Å². The van der Waals surface area contributed by atoms with Crippen molar-refractivity contribution in [3.8, 4) is 5.75 Å². The molecule has 0 radical (unpaired) electrons. The number of carbonyl (C=O) groups is 2. The van der Waals surface area contributed by atoms with E-state index in [9.17, 15) is 9.59 Å². The molecule has 0 unspecified atom stereocenters. The number of hydrogen-bond donors (Lipinski definition) is 1. The predicted octanol–water partition coefficient (Wildman–Crippen LogP) is 2.70. The molecule has 3 rings (SSSR count). The second-order valence-corrected chi connectivity index (χ2v) is 6.40. The number of nitrogen functional groups attached to an aromatic ring is 1. The van der Waals surface area contributed by atoms with Gasteiger partial charge in [-0.25, -0.2) is 4.90 Å². The van der Waals surface area contributed by atoms with Crippen LogP contribution in [-0.4, -0.2) is 24.2 Å². The van der Waals surface area contributed by atoms with Crippen LogP contribution < -0.4 is 15.4 Å². The Kier molecular flexibility index (Phi) is 4.25. The van der Waals surface area contributed by atoms with E-state index in [1.807, 2.05) is 12.1 Å². The highest BCUT2D eigenvalue weighted by molar-refractivity contribution is 8.00. The van der Waals surface area contributed by atoms with Gasteiger partial charge in [0.05, 0.1) is 18.0 Å². The molecule has 1 aliphatic heterocycles. The number of imide groups is 1. The molecule has 2 aromatic carbocycles. The third-order valence-electron chi connectivity index (χ3n) is 3.59. The summed E-state index contributed by atoms with van der Waals surface area (Å²) in [5.41, 5.74) is 6.82. The first-order valence-electron chi connectivity index (χ1n) is 7.12. The fraction of sp³-hybridized carbons (Fsp3) is 0.176. The zero-order chi connectivity index (χ0) is 16.4. The van der Waals surface area contributed by atoms with Crippen molar-refractivity contribution in [1.29, 1.82) is 0 Å². The molecule has 0 spiro atoms. The molecule has 2 aromatic rings. The Bertz CT molecular complexity index is 746. The maximum absolute atomic E-state index is 12.7. The van der Waals surface area contributed by atoms with Crippen LogP contribution in [0.25, 0.3) is 0 Å². The van der Waals surface area contributed by atoms with E-state index in [0.717, 1.165) is 4.90 Å². The van der Waals surface area contributed by atoms with E-state index in [1.165, 1.54) is 23.8 Å². The summed E-state index contributed by atoms with van der Waals surface area (Å²) in [5.74, 6) is 0.0705. The topological polar surface area (TPSA) is 72.6 Å². The van der Waals surface area contributed by atoms with E-state index in [0.29, 0.717) is 17.1 Å². The van der Waals surface area contributed by atoms with Crippen LogP contribution in [0.1, 0.15) is 6.42 Å². The van der Waals surface area contributed by atoms with Crippen LogP contribution in [0, 0.1) is 0 Å². The summed E-state index contributed by atoms with van der Waals surface area (Å²) in [6, 6.07) is 14.3. The maximum atomic E-state index is 12.7. The van der Waals surface area contributed by atoms with Crippen molar-refractivity contribution >= 4 is 35.0 Å². The van der Waals surface area contributed by atoms with E-state index in [4.69, 9.17) is 10.5 Å². The van der Waals surface area contributed by atoms with Crippen molar-refractivity contribution in [2.45, 2.75) is 16.6 Å². The second kappa shape index (κ2) is 6.34. The summed E-state index contributed by atoms with van der Waals surface area (Å²) in [4.78, 5) is 27.1. The molecule has 0 saturated carbocycles. The number of benzene rings is 2. The molecular formula is C17H16N2O3S. The van der Waals surface area contributed by atoms with Gasteiger partial charge >= 0.3 is 0 Å². The maximum Gasteiger partial charge on any atom is 0.247 e. The van der Waals surface area contributed by atoms with Gasteiger partial charge in [-0.1, -0.05) is 12.1 Å². The van der Waals surface area contributed by atoms with E-state index in [-0.39, 0.29) is 18.2 Å². The largest absolute Gasteiger partial charge is 0.495 e. The SMILES string of the molecule is COc1ccccc1N1C(=O)C[C@H](Sc2ccc(N)cc2)C1=O. The summed E-state index contributed by atoms with van der Waals surface area (Å²) in [6.45, 7) is 0. The lowest BCUT2D eigenvalue weighted by atomic mass is 10.2. The fourth-order valence-corrected chi connectivity index (χ4v) is 3.53. The molecule has 6 heteroatoms. The number of nitrogens with zero attached hydrogens (tertiary/aromatic N) is 1. The Morgan fingerprint density at radius 2 is 1.83 bits per heavy atom. The molecule has 0 aliphatic carbocycles. The number of hydrogen-bond acceptors (Lipinski definition) is 5. The van der Waals surface area contributed by atoms with Crippen molar-refractivity contribution in [3.05, 3.63) is 48.5 Å². The Morgan fingerprint density at radius 3 is 2.52 bits per heavy atom. The van der Waals surface area contributed by atoms with Gasteiger partial charge < -0.3 is 10.5 Å². The fourth-order valence-electron chi connectivity index (χ4n) is 2.47. The Balaban J connectivity index is 1.84. The quantitative estimate of drug-likeness (QED) is 0.690. The number of carbonyl (C=O) groups excluding carboxylic acids is 2. The molecule has 1 fully saturated rings. The van der Waals surface area contributed by atoms with Crippen molar-refractivity contribution in [3.63, 3.8) is 0 Å². The molecule has 118 valence electrons. The van der Waals surface area contributed by atoms with Gasteiger partial charge in [0, 0.05) is 17.0 Å². The van der Waals surface area contributed by atoms with Gasteiger partial charge in [0.1, 0.15) is 5.75 Å². The van der Waals surface area contributed by atoms with Crippen molar-refractivity contribution < 1.29 is 14.3 Å². The number of amides is 2. The third kappa shape index (κ3) is 3.03. The van der Waals surface area contributed by atoms with Gasteiger partial charge in [0.25, 0.3) is 0 Å². The molecule has 2 N–H and O–H groups in total. The normalized spacial score (nSPS) is 17.6. The lowest BCUT2D eigenvalue weighted by Crippen LogP contribution is -2.31. The minimum Gasteiger partial charge on any atom is -0.495 e. The lowest BCUT2D eigenvalue weighted by molar-refractivity contribution is -0.121.